The van der Waals surface area contributed by atoms with Gasteiger partial charge in [0.15, 0.2) is 0 Å². The Morgan fingerprint density at radius 1 is 1.20 bits per heavy atom. The van der Waals surface area contributed by atoms with E-state index in [2.05, 4.69) is 9.57 Å². The standard InChI is InChI=1S/C7H13NO6S/c1-3-13-6(9)4-5-7(10)14-8-15(2,11)12/h8H,3-5H2,1-2H3. The average Bonchev–Trinajstić information content (AvgIpc) is 2.11. The van der Waals surface area contributed by atoms with Gasteiger partial charge in [0.05, 0.1) is 25.7 Å². The molecule has 0 spiro atoms. The smallest absolute Gasteiger partial charge is 0.326 e. The molecule has 0 unspecified atom stereocenters. The first-order chi connectivity index (χ1) is 6.85. The second-order valence-corrected chi connectivity index (χ2v) is 4.35. The highest BCUT2D eigenvalue weighted by Gasteiger charge is 2.10. The van der Waals surface area contributed by atoms with E-state index in [4.69, 9.17) is 0 Å². The van der Waals surface area contributed by atoms with Crippen LogP contribution in [0, 0.1) is 0 Å². The van der Waals surface area contributed by atoms with E-state index in [1.54, 1.807) is 11.8 Å². The number of carbonyl (C=O) groups excluding carboxylic acids is 2. The van der Waals surface area contributed by atoms with E-state index < -0.39 is 22.0 Å². The Hall–Kier alpha value is -1.15. The minimum Gasteiger partial charge on any atom is -0.466 e. The summed E-state index contributed by atoms with van der Waals surface area (Å²) in [7, 11) is -3.58. The number of hydrogen-bond donors (Lipinski definition) is 1. The highest BCUT2D eigenvalue weighted by Crippen LogP contribution is 1.95. The molecule has 0 aliphatic heterocycles. The molecule has 8 heteroatoms. The van der Waals surface area contributed by atoms with Crippen molar-refractivity contribution in [3.63, 3.8) is 0 Å². The molecule has 0 aliphatic carbocycles. The first kappa shape index (κ1) is 13.8. The van der Waals surface area contributed by atoms with Crippen molar-refractivity contribution in [3.05, 3.63) is 0 Å². The van der Waals surface area contributed by atoms with E-state index in [-0.39, 0.29) is 19.4 Å². The van der Waals surface area contributed by atoms with Crippen LogP contribution in [0.15, 0.2) is 0 Å². The number of ether oxygens (including phenoxy) is 1. The minimum absolute atomic E-state index is 0.141. The van der Waals surface area contributed by atoms with Crippen LogP contribution in [0.25, 0.3) is 0 Å². The van der Waals surface area contributed by atoms with Gasteiger partial charge >= 0.3 is 11.9 Å². The molecule has 0 rings (SSSR count). The van der Waals surface area contributed by atoms with E-state index in [0.29, 0.717) is 0 Å². The third-order valence-electron chi connectivity index (χ3n) is 1.15. The fourth-order valence-corrected chi connectivity index (χ4v) is 0.855. The number of rotatable bonds is 6. The van der Waals surface area contributed by atoms with E-state index in [1.807, 2.05) is 0 Å². The van der Waals surface area contributed by atoms with E-state index in [9.17, 15) is 18.0 Å². The van der Waals surface area contributed by atoms with Gasteiger partial charge in [-0.25, -0.2) is 8.42 Å². The SMILES string of the molecule is CCOC(=O)CCC(=O)ONS(C)(=O)=O. The zero-order chi connectivity index (χ0) is 11.9. The van der Waals surface area contributed by atoms with Crippen LogP contribution in [0.5, 0.6) is 0 Å². The zero-order valence-corrected chi connectivity index (χ0v) is 9.30. The van der Waals surface area contributed by atoms with Crippen LogP contribution in [0.4, 0.5) is 0 Å². The van der Waals surface area contributed by atoms with E-state index >= 15 is 0 Å². The average molecular weight is 239 g/mol. The van der Waals surface area contributed by atoms with Gasteiger partial charge in [-0.2, -0.15) is 0 Å². The molecule has 88 valence electrons. The monoisotopic (exact) mass is 239 g/mol. The Morgan fingerprint density at radius 3 is 2.20 bits per heavy atom. The molecule has 1 N–H and O–H groups in total. The minimum atomic E-state index is -3.58. The summed E-state index contributed by atoms with van der Waals surface area (Å²) in [5.41, 5.74) is 0. The molecule has 0 heterocycles. The van der Waals surface area contributed by atoms with Crippen LogP contribution in [-0.2, 0) is 29.2 Å². The predicted molar refractivity (Wildman–Crippen MR) is 49.9 cm³/mol. The largest absolute Gasteiger partial charge is 0.466 e. The Morgan fingerprint density at radius 2 is 1.73 bits per heavy atom. The lowest BCUT2D eigenvalue weighted by atomic mass is 10.3. The highest BCUT2D eigenvalue weighted by molar-refractivity contribution is 7.88. The Bertz CT molecular complexity index is 322. The molecule has 15 heavy (non-hydrogen) atoms. The quantitative estimate of drug-likeness (QED) is 0.488. The summed E-state index contributed by atoms with van der Waals surface area (Å²) in [6, 6.07) is 0. The van der Waals surface area contributed by atoms with Gasteiger partial charge in [0.25, 0.3) is 0 Å². The van der Waals surface area contributed by atoms with Crippen molar-refractivity contribution in [1.82, 2.24) is 4.89 Å². The second-order valence-electron chi connectivity index (χ2n) is 2.63. The predicted octanol–water partition coefficient (Wildman–Crippen LogP) is -0.663. The lowest BCUT2D eigenvalue weighted by molar-refractivity contribution is -0.152. The van der Waals surface area contributed by atoms with Gasteiger partial charge in [0.1, 0.15) is 0 Å². The Kier molecular flexibility index (Phi) is 5.87. The summed E-state index contributed by atoms with van der Waals surface area (Å²) < 4.78 is 25.5. The molecular weight excluding hydrogens is 226 g/mol. The van der Waals surface area contributed by atoms with Crippen LogP contribution < -0.4 is 4.89 Å². The Balaban J connectivity index is 3.72. The summed E-state index contributed by atoms with van der Waals surface area (Å²) in [5.74, 6) is -1.37. The number of carbonyl (C=O) groups is 2. The summed E-state index contributed by atoms with van der Waals surface area (Å²) in [4.78, 5) is 27.3. The first-order valence-corrected chi connectivity index (χ1v) is 6.06. The topological polar surface area (TPSA) is 98.8 Å². The molecule has 0 saturated heterocycles. The first-order valence-electron chi connectivity index (χ1n) is 4.17. The maximum atomic E-state index is 10.8. The van der Waals surface area contributed by atoms with Crippen LogP contribution in [0.2, 0.25) is 0 Å². The summed E-state index contributed by atoms with van der Waals surface area (Å²) in [6.45, 7) is 1.87. The number of esters is 1. The van der Waals surface area contributed by atoms with E-state index in [0.717, 1.165) is 6.26 Å². The van der Waals surface area contributed by atoms with Crippen LogP contribution in [0.3, 0.4) is 0 Å². The summed E-state index contributed by atoms with van der Waals surface area (Å²) in [6.07, 6.45) is 0.463. The van der Waals surface area contributed by atoms with Crippen molar-refractivity contribution < 1.29 is 27.6 Å². The van der Waals surface area contributed by atoms with Crippen LogP contribution in [0.1, 0.15) is 19.8 Å². The van der Waals surface area contributed by atoms with Gasteiger partial charge in [0, 0.05) is 0 Å². The van der Waals surface area contributed by atoms with Gasteiger partial charge in [-0.15, -0.1) is 0 Å². The molecule has 0 saturated carbocycles. The van der Waals surface area contributed by atoms with Crippen molar-refractivity contribution in [2.75, 3.05) is 12.9 Å². The molecule has 0 fully saturated rings. The van der Waals surface area contributed by atoms with Crippen molar-refractivity contribution in [1.29, 1.82) is 0 Å². The fraction of sp³-hybridized carbons (Fsp3) is 0.714. The fourth-order valence-electron chi connectivity index (χ4n) is 0.610. The highest BCUT2D eigenvalue weighted by atomic mass is 32.2. The molecule has 0 bridgehead atoms. The van der Waals surface area contributed by atoms with Gasteiger partial charge in [-0.05, 0) is 11.8 Å². The van der Waals surface area contributed by atoms with Gasteiger partial charge in [-0.3, -0.25) is 9.59 Å². The van der Waals surface area contributed by atoms with Crippen molar-refractivity contribution in [2.45, 2.75) is 19.8 Å². The second kappa shape index (κ2) is 6.36. The van der Waals surface area contributed by atoms with Crippen LogP contribution >= 0.6 is 0 Å². The van der Waals surface area contributed by atoms with Crippen molar-refractivity contribution in [3.8, 4) is 0 Å². The third kappa shape index (κ3) is 9.16. The summed E-state index contributed by atoms with van der Waals surface area (Å²) in [5, 5.41) is 0. The van der Waals surface area contributed by atoms with Gasteiger partial charge < -0.3 is 9.57 Å². The molecule has 0 atom stereocenters. The third-order valence-corrected chi connectivity index (χ3v) is 1.53. The van der Waals surface area contributed by atoms with Gasteiger partial charge in [0.2, 0.25) is 10.0 Å². The van der Waals surface area contributed by atoms with Crippen LogP contribution in [-0.4, -0.2) is 33.2 Å². The molecule has 0 aromatic carbocycles. The number of hydrogen-bond acceptors (Lipinski definition) is 6. The molecule has 0 aromatic rings. The van der Waals surface area contributed by atoms with Crippen molar-refractivity contribution in [2.24, 2.45) is 0 Å². The summed E-state index contributed by atoms with van der Waals surface area (Å²) >= 11 is 0. The normalized spacial score (nSPS) is 10.8. The van der Waals surface area contributed by atoms with E-state index in [1.165, 1.54) is 0 Å². The molecule has 0 radical (unpaired) electrons. The zero-order valence-electron chi connectivity index (χ0n) is 8.48. The maximum absolute atomic E-state index is 10.8. The number of nitrogens with one attached hydrogen (secondary N) is 1. The molecule has 0 amide bonds. The molecule has 0 aliphatic rings. The maximum Gasteiger partial charge on any atom is 0.326 e. The lowest BCUT2D eigenvalue weighted by Gasteiger charge is -2.03. The molecule has 0 aromatic heterocycles. The number of sulfonamides is 1. The Labute approximate surface area is 87.7 Å². The molecular formula is C7H13NO6S. The van der Waals surface area contributed by atoms with Crippen molar-refractivity contribution >= 4 is 22.0 Å². The van der Waals surface area contributed by atoms with Gasteiger partial charge in [-0.1, -0.05) is 0 Å². The molecule has 7 nitrogen and oxygen atoms in total. The lowest BCUT2D eigenvalue weighted by Crippen LogP contribution is -2.26.